The molecule has 4 rings (SSSR count). The van der Waals surface area contributed by atoms with E-state index in [1.165, 1.54) is 12.1 Å². The summed E-state index contributed by atoms with van der Waals surface area (Å²) in [6.07, 6.45) is 3.45. The lowest BCUT2D eigenvalue weighted by Gasteiger charge is -2.33. The van der Waals surface area contributed by atoms with Crippen molar-refractivity contribution in [1.29, 1.82) is 0 Å². The smallest absolute Gasteiger partial charge is 0.226 e. The molecule has 1 N–H and O–H groups in total. The van der Waals surface area contributed by atoms with E-state index in [4.69, 9.17) is 0 Å². The van der Waals surface area contributed by atoms with Crippen molar-refractivity contribution in [2.45, 2.75) is 31.2 Å². The van der Waals surface area contributed by atoms with Gasteiger partial charge in [0.25, 0.3) is 0 Å². The summed E-state index contributed by atoms with van der Waals surface area (Å²) in [5.41, 5.74) is 2.84. The Balaban J connectivity index is 1.48. The van der Waals surface area contributed by atoms with E-state index in [0.717, 1.165) is 42.2 Å². The highest BCUT2D eigenvalue weighted by molar-refractivity contribution is 7.88. The highest BCUT2D eigenvalue weighted by Crippen LogP contribution is 2.51. The first-order chi connectivity index (χ1) is 13.8. The molecule has 0 radical (unpaired) electrons. The van der Waals surface area contributed by atoms with Crippen molar-refractivity contribution in [3.63, 3.8) is 0 Å². The number of nitrogens with one attached hydrogen (secondary N) is 1. The SMILES string of the molecule is CS(=O)(=O)N[C@H]1CCCN(C(=O)[C@@H]2C[C@H]2c2ccccc2-c2cccc(F)c2)C1. The van der Waals surface area contributed by atoms with Gasteiger partial charge in [-0.05, 0) is 54.0 Å². The van der Waals surface area contributed by atoms with Crippen LogP contribution in [0.3, 0.4) is 0 Å². The van der Waals surface area contributed by atoms with Gasteiger partial charge < -0.3 is 4.90 Å². The minimum Gasteiger partial charge on any atom is -0.341 e. The molecule has 0 spiro atoms. The molecule has 5 nitrogen and oxygen atoms in total. The average Bonchev–Trinajstić information content (AvgIpc) is 3.47. The standard InChI is InChI=1S/C22H25FN2O3S/c1-29(27,28)24-17-8-5-11-25(14-17)22(26)21-13-20(21)19-10-3-2-9-18(19)15-6-4-7-16(23)12-15/h2-4,6-7,9-10,12,17,20-21,24H,5,8,11,13-14H2,1H3/t17-,20-,21+/m0/s1. The molecule has 1 aliphatic heterocycles. The Morgan fingerprint density at radius 2 is 1.97 bits per heavy atom. The van der Waals surface area contributed by atoms with Crippen molar-refractivity contribution in [2.24, 2.45) is 5.92 Å². The maximum Gasteiger partial charge on any atom is 0.226 e. The number of benzene rings is 2. The number of hydrogen-bond donors (Lipinski definition) is 1. The molecule has 1 saturated heterocycles. The van der Waals surface area contributed by atoms with Crippen molar-refractivity contribution < 1.29 is 17.6 Å². The molecule has 1 aliphatic carbocycles. The molecule has 0 unspecified atom stereocenters. The topological polar surface area (TPSA) is 66.5 Å². The van der Waals surface area contributed by atoms with Gasteiger partial charge in [-0.3, -0.25) is 4.79 Å². The first-order valence-corrected chi connectivity index (χ1v) is 11.8. The van der Waals surface area contributed by atoms with Crippen LogP contribution >= 0.6 is 0 Å². The van der Waals surface area contributed by atoms with Crippen LogP contribution in [0.1, 0.15) is 30.7 Å². The maximum absolute atomic E-state index is 13.7. The van der Waals surface area contributed by atoms with E-state index in [2.05, 4.69) is 4.72 Å². The van der Waals surface area contributed by atoms with E-state index in [0.29, 0.717) is 13.1 Å². The second kappa shape index (κ2) is 7.88. The van der Waals surface area contributed by atoms with Crippen molar-refractivity contribution in [1.82, 2.24) is 9.62 Å². The summed E-state index contributed by atoms with van der Waals surface area (Å²) in [4.78, 5) is 14.8. The molecule has 0 aromatic heterocycles. The molecule has 3 atom stereocenters. The molecule has 154 valence electrons. The van der Waals surface area contributed by atoms with Gasteiger partial charge in [0.2, 0.25) is 15.9 Å². The molecule has 1 saturated carbocycles. The number of hydrogen-bond acceptors (Lipinski definition) is 3. The van der Waals surface area contributed by atoms with Gasteiger partial charge in [-0.15, -0.1) is 0 Å². The van der Waals surface area contributed by atoms with Gasteiger partial charge in [0, 0.05) is 25.0 Å². The minimum atomic E-state index is -3.29. The Hall–Kier alpha value is -2.25. The number of nitrogens with zero attached hydrogens (tertiary/aromatic N) is 1. The third-order valence-corrected chi connectivity index (χ3v) is 6.48. The number of likely N-dealkylation sites (tertiary alicyclic amines) is 1. The van der Waals surface area contributed by atoms with E-state index < -0.39 is 10.0 Å². The predicted molar refractivity (Wildman–Crippen MR) is 110 cm³/mol. The average molecular weight is 417 g/mol. The summed E-state index contributed by atoms with van der Waals surface area (Å²) in [6.45, 7) is 1.08. The number of carbonyl (C=O) groups is 1. The number of carbonyl (C=O) groups excluding carboxylic acids is 1. The van der Waals surface area contributed by atoms with Gasteiger partial charge in [-0.25, -0.2) is 17.5 Å². The Labute approximate surface area is 171 Å². The second-order valence-electron chi connectivity index (χ2n) is 8.06. The van der Waals surface area contributed by atoms with Crippen molar-refractivity contribution >= 4 is 15.9 Å². The zero-order valence-corrected chi connectivity index (χ0v) is 17.2. The lowest BCUT2D eigenvalue weighted by Crippen LogP contribution is -2.49. The molecule has 7 heteroatoms. The third kappa shape index (κ3) is 4.67. The van der Waals surface area contributed by atoms with Crippen LogP contribution in [0, 0.1) is 11.7 Å². The summed E-state index contributed by atoms with van der Waals surface area (Å²) >= 11 is 0. The highest BCUT2D eigenvalue weighted by Gasteiger charge is 2.47. The Morgan fingerprint density at radius 3 is 2.72 bits per heavy atom. The van der Waals surface area contributed by atoms with Gasteiger partial charge in [-0.2, -0.15) is 0 Å². The molecule has 0 bridgehead atoms. The molecule has 2 aromatic carbocycles. The quantitative estimate of drug-likeness (QED) is 0.814. The van der Waals surface area contributed by atoms with E-state index in [-0.39, 0.29) is 29.6 Å². The van der Waals surface area contributed by atoms with E-state index in [1.807, 2.05) is 30.3 Å². The Kier molecular flexibility index (Phi) is 5.44. The number of rotatable bonds is 5. The molecule has 2 aromatic rings. The van der Waals surface area contributed by atoms with Crippen LogP contribution in [-0.4, -0.2) is 44.6 Å². The van der Waals surface area contributed by atoms with Crippen molar-refractivity contribution in [3.8, 4) is 11.1 Å². The molecule has 2 aliphatic rings. The molecular weight excluding hydrogens is 391 g/mol. The molecule has 1 amide bonds. The van der Waals surface area contributed by atoms with Gasteiger partial charge in [0.15, 0.2) is 0 Å². The van der Waals surface area contributed by atoms with Crippen LogP contribution in [-0.2, 0) is 14.8 Å². The van der Waals surface area contributed by atoms with Crippen LogP contribution in [0.15, 0.2) is 48.5 Å². The van der Waals surface area contributed by atoms with Crippen molar-refractivity contribution in [2.75, 3.05) is 19.3 Å². The lowest BCUT2D eigenvalue weighted by atomic mass is 9.95. The Morgan fingerprint density at radius 1 is 1.17 bits per heavy atom. The predicted octanol–water partition coefficient (Wildman–Crippen LogP) is 3.14. The fourth-order valence-corrected chi connectivity index (χ4v) is 5.16. The second-order valence-corrected chi connectivity index (χ2v) is 9.84. The normalized spacial score (nSPS) is 24.3. The van der Waals surface area contributed by atoms with Gasteiger partial charge >= 0.3 is 0 Å². The maximum atomic E-state index is 13.7. The van der Waals surface area contributed by atoms with E-state index in [1.54, 1.807) is 11.0 Å². The summed E-state index contributed by atoms with van der Waals surface area (Å²) < 4.78 is 39.3. The largest absolute Gasteiger partial charge is 0.341 e. The number of sulfonamides is 1. The summed E-state index contributed by atoms with van der Waals surface area (Å²) in [6, 6.07) is 14.2. The van der Waals surface area contributed by atoms with Gasteiger partial charge in [0.05, 0.1) is 6.26 Å². The number of halogens is 1. The third-order valence-electron chi connectivity index (χ3n) is 5.72. The number of amides is 1. The van der Waals surface area contributed by atoms with Crippen LogP contribution in [0.2, 0.25) is 0 Å². The summed E-state index contributed by atoms with van der Waals surface area (Å²) in [7, 11) is -3.29. The van der Waals surface area contributed by atoms with E-state index in [9.17, 15) is 17.6 Å². The first-order valence-electron chi connectivity index (χ1n) is 9.93. The molecule has 29 heavy (non-hydrogen) atoms. The highest BCUT2D eigenvalue weighted by atomic mass is 32.2. The van der Waals surface area contributed by atoms with Crippen LogP contribution in [0.5, 0.6) is 0 Å². The Bertz CT molecular complexity index is 1020. The molecule has 2 fully saturated rings. The fraction of sp³-hybridized carbons (Fsp3) is 0.409. The zero-order valence-electron chi connectivity index (χ0n) is 16.3. The minimum absolute atomic E-state index is 0.0871. The van der Waals surface area contributed by atoms with Crippen molar-refractivity contribution in [3.05, 3.63) is 59.9 Å². The fourth-order valence-electron chi connectivity index (χ4n) is 4.36. The van der Waals surface area contributed by atoms with Crippen LogP contribution < -0.4 is 4.72 Å². The van der Waals surface area contributed by atoms with E-state index >= 15 is 0 Å². The first kappa shape index (κ1) is 20.0. The molecule has 1 heterocycles. The van der Waals surface area contributed by atoms with Gasteiger partial charge in [-0.1, -0.05) is 36.4 Å². The number of piperidine rings is 1. The summed E-state index contributed by atoms with van der Waals surface area (Å²) in [5, 5.41) is 0. The summed E-state index contributed by atoms with van der Waals surface area (Å²) in [5.74, 6) is -0.172. The zero-order chi connectivity index (χ0) is 20.6. The monoisotopic (exact) mass is 416 g/mol. The van der Waals surface area contributed by atoms with Crippen LogP contribution in [0.25, 0.3) is 11.1 Å². The molecular formula is C22H25FN2O3S. The van der Waals surface area contributed by atoms with Crippen LogP contribution in [0.4, 0.5) is 4.39 Å². The lowest BCUT2D eigenvalue weighted by molar-refractivity contribution is -0.133. The van der Waals surface area contributed by atoms with Gasteiger partial charge in [0.1, 0.15) is 5.82 Å².